The summed E-state index contributed by atoms with van der Waals surface area (Å²) in [5.41, 5.74) is -0.103. The third kappa shape index (κ3) is 3.50. The van der Waals surface area contributed by atoms with Crippen molar-refractivity contribution in [2.24, 2.45) is 0 Å². The fourth-order valence-corrected chi connectivity index (χ4v) is 4.13. The van der Waals surface area contributed by atoms with Crippen molar-refractivity contribution in [1.82, 2.24) is 9.80 Å². The first-order chi connectivity index (χ1) is 11.7. The van der Waals surface area contributed by atoms with Crippen molar-refractivity contribution in [3.8, 4) is 0 Å². The number of rotatable bonds is 5. The second-order valence-electron chi connectivity index (χ2n) is 7.26. The Bertz CT molecular complexity index is 555. The Morgan fingerprint density at radius 1 is 1.33 bits per heavy atom. The van der Waals surface area contributed by atoms with Crippen molar-refractivity contribution in [3.05, 3.63) is 24.2 Å². The molecule has 1 spiro atoms. The second kappa shape index (κ2) is 6.86. The van der Waals surface area contributed by atoms with Crippen LogP contribution in [0, 0.1) is 0 Å². The standard InChI is InChI=1S/C18H26N2O4/c21-17(20-6-1-2-7-20)13-23-16-10-18(24-12-16)5-8-19(14-18)11-15-4-3-9-22-15/h3-4,9,16H,1-2,5-8,10-14H2/t16-,18-/m0/s1. The van der Waals surface area contributed by atoms with Crippen LogP contribution in [0.3, 0.4) is 0 Å². The van der Waals surface area contributed by atoms with Crippen molar-refractivity contribution < 1.29 is 18.7 Å². The molecule has 4 heterocycles. The van der Waals surface area contributed by atoms with Gasteiger partial charge in [-0.3, -0.25) is 9.69 Å². The Morgan fingerprint density at radius 3 is 3.00 bits per heavy atom. The minimum atomic E-state index is -0.103. The van der Waals surface area contributed by atoms with E-state index in [1.807, 2.05) is 17.0 Å². The molecule has 4 rings (SSSR count). The van der Waals surface area contributed by atoms with Gasteiger partial charge in [-0.1, -0.05) is 0 Å². The van der Waals surface area contributed by atoms with Gasteiger partial charge in [-0.2, -0.15) is 0 Å². The topological polar surface area (TPSA) is 55.2 Å². The summed E-state index contributed by atoms with van der Waals surface area (Å²) in [6.45, 7) is 5.32. The van der Waals surface area contributed by atoms with Crippen molar-refractivity contribution in [2.45, 2.75) is 43.9 Å². The number of amides is 1. The SMILES string of the molecule is O=C(CO[C@@H]1CO[C@@]2(CCN(Cc3ccco3)C2)C1)N1CCCC1. The zero-order valence-electron chi connectivity index (χ0n) is 14.1. The van der Waals surface area contributed by atoms with Crippen LogP contribution in [0.4, 0.5) is 0 Å². The Kier molecular flexibility index (Phi) is 4.61. The summed E-state index contributed by atoms with van der Waals surface area (Å²) in [6.07, 6.45) is 5.90. The normalized spacial score (nSPS) is 30.7. The molecule has 1 amide bonds. The van der Waals surface area contributed by atoms with Gasteiger partial charge >= 0.3 is 0 Å². The third-order valence-corrected chi connectivity index (χ3v) is 5.43. The molecule has 2 atom stereocenters. The molecular weight excluding hydrogens is 308 g/mol. The molecule has 3 saturated heterocycles. The minimum absolute atomic E-state index is 0.0418. The van der Waals surface area contributed by atoms with Gasteiger partial charge in [0, 0.05) is 32.6 Å². The molecule has 132 valence electrons. The van der Waals surface area contributed by atoms with E-state index in [4.69, 9.17) is 13.9 Å². The predicted octanol–water partition coefficient (Wildman–Crippen LogP) is 1.65. The first-order valence-corrected chi connectivity index (χ1v) is 9.01. The Hall–Kier alpha value is -1.37. The van der Waals surface area contributed by atoms with E-state index in [1.165, 1.54) is 0 Å². The summed E-state index contributed by atoms with van der Waals surface area (Å²) in [5, 5.41) is 0. The Balaban J connectivity index is 1.23. The maximum Gasteiger partial charge on any atom is 0.248 e. The zero-order valence-corrected chi connectivity index (χ0v) is 14.1. The summed E-state index contributed by atoms with van der Waals surface area (Å²) >= 11 is 0. The Labute approximate surface area is 142 Å². The van der Waals surface area contributed by atoms with E-state index in [9.17, 15) is 4.79 Å². The smallest absolute Gasteiger partial charge is 0.248 e. The van der Waals surface area contributed by atoms with Gasteiger partial charge < -0.3 is 18.8 Å². The van der Waals surface area contributed by atoms with E-state index in [2.05, 4.69) is 4.90 Å². The van der Waals surface area contributed by atoms with Gasteiger partial charge in [0.05, 0.1) is 31.1 Å². The number of hydrogen-bond donors (Lipinski definition) is 0. The molecule has 0 radical (unpaired) electrons. The average Bonchev–Trinajstić information content (AvgIpc) is 3.35. The van der Waals surface area contributed by atoms with E-state index in [1.54, 1.807) is 6.26 Å². The first-order valence-electron chi connectivity index (χ1n) is 9.01. The van der Waals surface area contributed by atoms with Crippen LogP contribution in [0.15, 0.2) is 22.8 Å². The molecule has 0 aliphatic carbocycles. The van der Waals surface area contributed by atoms with Crippen molar-refractivity contribution in [2.75, 3.05) is 39.4 Å². The number of carbonyl (C=O) groups excluding carboxylic acids is 1. The molecule has 6 nitrogen and oxygen atoms in total. The number of likely N-dealkylation sites (tertiary alicyclic amines) is 2. The summed E-state index contributed by atoms with van der Waals surface area (Å²) in [6, 6.07) is 3.94. The highest BCUT2D eigenvalue weighted by Crippen LogP contribution is 2.36. The highest BCUT2D eigenvalue weighted by molar-refractivity contribution is 5.77. The van der Waals surface area contributed by atoms with Gasteiger partial charge in [0.25, 0.3) is 0 Å². The van der Waals surface area contributed by atoms with E-state index >= 15 is 0 Å². The fraction of sp³-hybridized carbons (Fsp3) is 0.722. The number of carbonyl (C=O) groups is 1. The lowest BCUT2D eigenvalue weighted by Gasteiger charge is -2.23. The maximum absolute atomic E-state index is 12.1. The van der Waals surface area contributed by atoms with E-state index in [0.717, 1.165) is 64.2 Å². The molecular formula is C18H26N2O4. The first kappa shape index (κ1) is 16.1. The van der Waals surface area contributed by atoms with Crippen molar-refractivity contribution in [1.29, 1.82) is 0 Å². The molecule has 0 bridgehead atoms. The number of furan rings is 1. The summed E-state index contributed by atoms with van der Waals surface area (Å²) in [4.78, 5) is 16.4. The summed E-state index contributed by atoms with van der Waals surface area (Å²) in [5.74, 6) is 1.12. The van der Waals surface area contributed by atoms with Crippen LogP contribution in [0.1, 0.15) is 31.4 Å². The number of hydrogen-bond acceptors (Lipinski definition) is 5. The minimum Gasteiger partial charge on any atom is -0.468 e. The highest BCUT2D eigenvalue weighted by Gasteiger charge is 2.46. The van der Waals surface area contributed by atoms with E-state index < -0.39 is 0 Å². The van der Waals surface area contributed by atoms with Crippen LogP contribution in [0.2, 0.25) is 0 Å². The molecule has 3 aliphatic rings. The molecule has 1 aromatic rings. The molecule has 6 heteroatoms. The van der Waals surface area contributed by atoms with Crippen LogP contribution in [-0.2, 0) is 20.8 Å². The predicted molar refractivity (Wildman–Crippen MR) is 87.5 cm³/mol. The van der Waals surface area contributed by atoms with Crippen LogP contribution < -0.4 is 0 Å². The van der Waals surface area contributed by atoms with Crippen LogP contribution in [-0.4, -0.2) is 66.8 Å². The lowest BCUT2D eigenvalue weighted by Crippen LogP contribution is -2.34. The van der Waals surface area contributed by atoms with Crippen LogP contribution >= 0.6 is 0 Å². The lowest BCUT2D eigenvalue weighted by atomic mass is 9.98. The largest absolute Gasteiger partial charge is 0.468 e. The fourth-order valence-electron chi connectivity index (χ4n) is 4.13. The average molecular weight is 334 g/mol. The summed E-state index contributed by atoms with van der Waals surface area (Å²) < 4.78 is 17.4. The van der Waals surface area contributed by atoms with Gasteiger partial charge in [0.1, 0.15) is 12.4 Å². The third-order valence-electron chi connectivity index (χ3n) is 5.43. The van der Waals surface area contributed by atoms with Crippen molar-refractivity contribution in [3.63, 3.8) is 0 Å². The van der Waals surface area contributed by atoms with Gasteiger partial charge in [0.15, 0.2) is 0 Å². The second-order valence-corrected chi connectivity index (χ2v) is 7.26. The van der Waals surface area contributed by atoms with E-state index in [-0.39, 0.29) is 24.2 Å². The lowest BCUT2D eigenvalue weighted by molar-refractivity contribution is -0.137. The van der Waals surface area contributed by atoms with E-state index in [0.29, 0.717) is 6.61 Å². The zero-order chi connectivity index (χ0) is 16.4. The highest BCUT2D eigenvalue weighted by atomic mass is 16.6. The van der Waals surface area contributed by atoms with Gasteiger partial charge in [-0.25, -0.2) is 0 Å². The molecule has 3 fully saturated rings. The molecule has 0 N–H and O–H groups in total. The summed E-state index contributed by atoms with van der Waals surface area (Å²) in [7, 11) is 0. The van der Waals surface area contributed by atoms with Gasteiger partial charge in [0.2, 0.25) is 5.91 Å². The molecule has 0 saturated carbocycles. The molecule has 0 unspecified atom stereocenters. The maximum atomic E-state index is 12.1. The van der Waals surface area contributed by atoms with Gasteiger partial charge in [-0.15, -0.1) is 0 Å². The number of ether oxygens (including phenoxy) is 2. The molecule has 1 aromatic heterocycles. The number of nitrogens with zero attached hydrogens (tertiary/aromatic N) is 2. The van der Waals surface area contributed by atoms with Crippen molar-refractivity contribution >= 4 is 5.91 Å². The van der Waals surface area contributed by atoms with Crippen LogP contribution in [0.25, 0.3) is 0 Å². The quantitative estimate of drug-likeness (QED) is 0.820. The Morgan fingerprint density at radius 2 is 2.21 bits per heavy atom. The van der Waals surface area contributed by atoms with Crippen LogP contribution in [0.5, 0.6) is 0 Å². The molecule has 24 heavy (non-hydrogen) atoms. The molecule has 0 aromatic carbocycles. The molecule has 3 aliphatic heterocycles. The monoisotopic (exact) mass is 334 g/mol. The van der Waals surface area contributed by atoms with Gasteiger partial charge in [-0.05, 0) is 31.4 Å².